The normalized spacial score (nSPS) is 23.4. The van der Waals surface area contributed by atoms with E-state index in [9.17, 15) is 0 Å². The van der Waals surface area contributed by atoms with Gasteiger partial charge < -0.3 is 14.2 Å². The van der Waals surface area contributed by atoms with E-state index in [1.807, 2.05) is 0 Å². The highest BCUT2D eigenvalue weighted by molar-refractivity contribution is 7.00. The number of hydrogen-bond donors (Lipinski definition) is 0. The van der Waals surface area contributed by atoms with Crippen molar-refractivity contribution < 1.29 is 4.42 Å². The standard InChI is InChI=1S/C70H81BN2O/c1-63(2,3)43-22-24-45(25-23-43)72-55-36-44(64(4,5)6)37-56-60(55)71(62-61(72)46-38-50-51(41-57(46)74-62)70(16)34-32-69(50,15)33-35-70)52-39-48-49(67(11,12)29-28-66(48,9)10)40-54(52)73(56)53-27-26-47-59(58(53)42-20-18-17-19-21-42)68(13,14)31-30-65(47,7)8/h17-27,36-41H,28-35H2,1-16H3. The highest BCUT2D eigenvalue weighted by Gasteiger charge is 2.53. The first-order chi connectivity index (χ1) is 34.6. The Labute approximate surface area is 444 Å². The first-order valence-corrected chi connectivity index (χ1v) is 28.6. The molecule has 2 bridgehead atoms. The fourth-order valence-corrected chi connectivity index (χ4v) is 15.4. The minimum atomic E-state index is -0.151. The molecule has 0 amide bonds. The number of nitrogens with zero attached hydrogens (tertiary/aromatic N) is 2. The fourth-order valence-electron chi connectivity index (χ4n) is 15.4. The Kier molecular flexibility index (Phi) is 9.85. The second-order valence-corrected chi connectivity index (χ2v) is 29.6. The Morgan fingerprint density at radius 2 is 1.00 bits per heavy atom. The Hall–Kier alpha value is -5.48. The zero-order chi connectivity index (χ0) is 52.2. The molecule has 0 saturated heterocycles. The average molecular weight is 977 g/mol. The highest BCUT2D eigenvalue weighted by atomic mass is 16.3. The molecule has 0 radical (unpaired) electrons. The van der Waals surface area contributed by atoms with Gasteiger partial charge in [-0.3, -0.25) is 0 Å². The maximum absolute atomic E-state index is 7.81. The van der Waals surface area contributed by atoms with Crippen LogP contribution in [0.4, 0.5) is 34.1 Å². The van der Waals surface area contributed by atoms with Crippen molar-refractivity contribution in [3.63, 3.8) is 0 Å². The molecule has 1 aromatic heterocycles. The molecular formula is C70H81BN2O. The van der Waals surface area contributed by atoms with Crippen LogP contribution in [-0.4, -0.2) is 6.71 Å². The average Bonchev–Trinajstić information content (AvgIpc) is 3.77. The molecule has 380 valence electrons. The molecule has 0 atom stereocenters. The highest BCUT2D eigenvalue weighted by Crippen LogP contribution is 2.60. The zero-order valence-corrected chi connectivity index (χ0v) is 47.9. The third-order valence-corrected chi connectivity index (χ3v) is 20.7. The molecule has 0 unspecified atom stereocenters. The van der Waals surface area contributed by atoms with Gasteiger partial charge in [0.15, 0.2) is 0 Å². The van der Waals surface area contributed by atoms with Crippen LogP contribution in [0.3, 0.4) is 0 Å². The van der Waals surface area contributed by atoms with Crippen molar-refractivity contribution in [3.8, 4) is 11.1 Å². The lowest BCUT2D eigenvalue weighted by molar-refractivity contribution is 0.188. The van der Waals surface area contributed by atoms with Crippen LogP contribution >= 0.6 is 0 Å². The van der Waals surface area contributed by atoms with Crippen molar-refractivity contribution in [2.24, 2.45) is 0 Å². The smallest absolute Gasteiger partial charge is 0.297 e. The van der Waals surface area contributed by atoms with Crippen molar-refractivity contribution in [3.05, 3.63) is 148 Å². The summed E-state index contributed by atoms with van der Waals surface area (Å²) in [4.78, 5) is 5.42. The number of benzene rings is 6. The SMILES string of the molecule is CC(C)(C)c1ccc(N2c3cc(C(C)(C)C)cc4c3B(c3cc5c(cc3N4c3ccc4c(c3-c3ccccc3)C(C)(C)CCC4(C)C)C(C)(C)CCC5(C)C)c3oc4cc5c(cc4c32)C2(C)CCC5(C)CC2)cc1. The van der Waals surface area contributed by atoms with E-state index in [-0.39, 0.29) is 50.0 Å². The van der Waals surface area contributed by atoms with E-state index in [1.165, 1.54) is 133 Å². The van der Waals surface area contributed by atoms with Crippen molar-refractivity contribution >= 4 is 68.4 Å². The number of hydrogen-bond acceptors (Lipinski definition) is 3. The maximum Gasteiger partial charge on any atom is 0.297 e. The van der Waals surface area contributed by atoms with Gasteiger partial charge in [0.25, 0.3) is 6.71 Å². The molecular weight excluding hydrogens is 896 g/mol. The first-order valence-electron chi connectivity index (χ1n) is 28.6. The summed E-state index contributed by atoms with van der Waals surface area (Å²) in [6.45, 7) is 39.1. The lowest BCUT2D eigenvalue weighted by Gasteiger charge is -2.52. The number of fused-ring (bicyclic) bond motifs is 10. The summed E-state index contributed by atoms with van der Waals surface area (Å²) in [5.74, 6) is 0. The molecule has 5 aliphatic carbocycles. The summed E-state index contributed by atoms with van der Waals surface area (Å²) in [5.41, 5.74) is 26.9. The number of anilines is 6. The fraction of sp³-hybridized carbons (Fsp3) is 0.457. The van der Waals surface area contributed by atoms with Crippen LogP contribution in [0.2, 0.25) is 0 Å². The summed E-state index contributed by atoms with van der Waals surface area (Å²) >= 11 is 0. The summed E-state index contributed by atoms with van der Waals surface area (Å²) in [6, 6.07) is 41.7. The van der Waals surface area contributed by atoms with Gasteiger partial charge in [-0.1, -0.05) is 165 Å². The third kappa shape index (κ3) is 6.76. The van der Waals surface area contributed by atoms with Gasteiger partial charge in [-0.2, -0.15) is 0 Å². The minimum Gasteiger partial charge on any atom is -0.468 e. The Balaban J connectivity index is 1.20. The topological polar surface area (TPSA) is 19.6 Å². The van der Waals surface area contributed by atoms with Crippen LogP contribution < -0.4 is 26.4 Å². The van der Waals surface area contributed by atoms with Gasteiger partial charge >= 0.3 is 0 Å². The molecule has 3 nitrogen and oxygen atoms in total. The van der Waals surface area contributed by atoms with Crippen LogP contribution in [0, 0.1) is 0 Å². The van der Waals surface area contributed by atoms with Crippen LogP contribution in [0.5, 0.6) is 0 Å². The van der Waals surface area contributed by atoms with Gasteiger partial charge in [0.1, 0.15) is 5.58 Å². The van der Waals surface area contributed by atoms with Gasteiger partial charge in [-0.25, -0.2) is 0 Å². The predicted octanol–water partition coefficient (Wildman–Crippen LogP) is 17.6. The minimum absolute atomic E-state index is 0.00607. The van der Waals surface area contributed by atoms with Crippen molar-refractivity contribution in [1.29, 1.82) is 0 Å². The Morgan fingerprint density at radius 1 is 0.459 bits per heavy atom. The predicted molar refractivity (Wildman–Crippen MR) is 317 cm³/mol. The molecule has 1 fully saturated rings. The van der Waals surface area contributed by atoms with E-state index in [0.717, 1.165) is 30.5 Å². The molecule has 7 aliphatic rings. The summed E-state index contributed by atoms with van der Waals surface area (Å²) in [7, 11) is 0. The quantitative estimate of drug-likeness (QED) is 0.165. The number of rotatable bonds is 3. The third-order valence-electron chi connectivity index (χ3n) is 20.7. The van der Waals surface area contributed by atoms with Crippen molar-refractivity contribution in [2.75, 3.05) is 9.80 Å². The second kappa shape index (κ2) is 15.1. The molecule has 14 rings (SSSR count). The van der Waals surface area contributed by atoms with Crippen LogP contribution in [0.25, 0.3) is 22.1 Å². The lowest BCUT2D eigenvalue weighted by Crippen LogP contribution is -2.61. The van der Waals surface area contributed by atoms with Crippen LogP contribution in [0.1, 0.15) is 207 Å². The first kappa shape index (κ1) is 48.2. The van der Waals surface area contributed by atoms with Crippen molar-refractivity contribution in [1.82, 2.24) is 0 Å². The van der Waals surface area contributed by atoms with Crippen LogP contribution in [-0.2, 0) is 43.3 Å². The van der Waals surface area contributed by atoms with E-state index in [4.69, 9.17) is 4.42 Å². The van der Waals surface area contributed by atoms with Gasteiger partial charge in [0.2, 0.25) is 0 Å². The molecule has 2 aliphatic heterocycles. The van der Waals surface area contributed by atoms with E-state index < -0.39 is 0 Å². The molecule has 4 heteroatoms. The zero-order valence-electron chi connectivity index (χ0n) is 47.9. The van der Waals surface area contributed by atoms with E-state index in [0.29, 0.717) is 0 Å². The summed E-state index contributed by atoms with van der Waals surface area (Å²) < 4.78 is 7.81. The molecule has 7 aromatic rings. The monoisotopic (exact) mass is 977 g/mol. The van der Waals surface area contributed by atoms with Gasteiger partial charge in [-0.15, -0.1) is 0 Å². The van der Waals surface area contributed by atoms with Gasteiger partial charge in [0, 0.05) is 33.7 Å². The Bertz CT molecular complexity index is 3500. The molecule has 74 heavy (non-hydrogen) atoms. The van der Waals surface area contributed by atoms with E-state index in [2.05, 4.69) is 224 Å². The maximum atomic E-state index is 7.81. The number of furan rings is 1. The molecule has 0 spiro atoms. The van der Waals surface area contributed by atoms with E-state index >= 15 is 0 Å². The Morgan fingerprint density at radius 3 is 1.59 bits per heavy atom. The lowest BCUT2D eigenvalue weighted by atomic mass is 9.35. The second-order valence-electron chi connectivity index (χ2n) is 29.6. The molecule has 6 aromatic carbocycles. The largest absolute Gasteiger partial charge is 0.468 e. The van der Waals surface area contributed by atoms with Crippen molar-refractivity contribution in [2.45, 2.75) is 205 Å². The summed E-state index contributed by atoms with van der Waals surface area (Å²) in [6.07, 6.45) is 9.58. The molecule has 1 saturated carbocycles. The van der Waals surface area contributed by atoms with Crippen LogP contribution in [0.15, 0.2) is 108 Å². The molecule has 0 N–H and O–H groups in total. The summed E-state index contributed by atoms with van der Waals surface area (Å²) in [5, 5.41) is 1.25. The van der Waals surface area contributed by atoms with Gasteiger partial charge in [-0.05, 0) is 204 Å². The van der Waals surface area contributed by atoms with Gasteiger partial charge in [0.05, 0.1) is 17.0 Å². The van der Waals surface area contributed by atoms with E-state index in [1.54, 1.807) is 5.56 Å². The molecule has 3 heterocycles.